The van der Waals surface area contributed by atoms with Crippen LogP contribution >= 0.6 is 0 Å². The van der Waals surface area contributed by atoms with Gasteiger partial charge in [0.1, 0.15) is 0 Å². The molecule has 33 heavy (non-hydrogen) atoms. The summed E-state index contributed by atoms with van der Waals surface area (Å²) in [7, 11) is 3.80. The number of hydrogen-bond acceptors (Lipinski definition) is 5. The number of ether oxygens (including phenoxy) is 1. The number of nitrogens with one attached hydrogen (secondary N) is 2. The van der Waals surface area contributed by atoms with Crippen LogP contribution in [0.25, 0.3) is 0 Å². The van der Waals surface area contributed by atoms with Gasteiger partial charge < -0.3 is 20.3 Å². The van der Waals surface area contributed by atoms with E-state index in [2.05, 4.69) is 22.5 Å². The molecule has 0 spiro atoms. The number of benzene rings is 2. The van der Waals surface area contributed by atoms with Crippen molar-refractivity contribution in [3.8, 4) is 0 Å². The Bertz CT molecular complexity index is 922. The largest absolute Gasteiger partial charge is 0.379 e. The van der Waals surface area contributed by atoms with Gasteiger partial charge in [0, 0.05) is 57.2 Å². The molecule has 0 aromatic heterocycles. The first-order chi connectivity index (χ1) is 16.0. The zero-order valence-corrected chi connectivity index (χ0v) is 20.0. The van der Waals surface area contributed by atoms with Crippen molar-refractivity contribution in [3.05, 3.63) is 59.2 Å². The van der Waals surface area contributed by atoms with E-state index in [1.54, 1.807) is 6.07 Å². The Labute approximate surface area is 197 Å². The fourth-order valence-electron chi connectivity index (χ4n) is 3.84. The van der Waals surface area contributed by atoms with Crippen LogP contribution in [0.5, 0.6) is 0 Å². The Hall–Kier alpha value is -2.90. The number of anilines is 2. The van der Waals surface area contributed by atoms with E-state index < -0.39 is 0 Å². The molecule has 2 aromatic rings. The molecule has 0 saturated carbocycles. The molecule has 1 heterocycles. The number of hydrogen-bond donors (Lipinski definition) is 2. The summed E-state index contributed by atoms with van der Waals surface area (Å²) in [5.74, 6) is -0.336. The molecule has 2 aromatic carbocycles. The fourth-order valence-corrected chi connectivity index (χ4v) is 3.84. The monoisotopic (exact) mass is 452 g/mol. The normalized spacial score (nSPS) is 14.0. The van der Waals surface area contributed by atoms with E-state index in [-0.39, 0.29) is 11.8 Å². The molecule has 0 radical (unpaired) electrons. The first kappa shape index (κ1) is 24.7. The number of aryl methyl sites for hydroxylation is 1. The minimum atomic E-state index is -0.187. The van der Waals surface area contributed by atoms with Crippen LogP contribution in [0.4, 0.5) is 11.4 Å². The summed E-state index contributed by atoms with van der Waals surface area (Å²) in [6.07, 6.45) is 3.31. The van der Waals surface area contributed by atoms with Gasteiger partial charge in [0.25, 0.3) is 11.8 Å². The number of nitrogens with zero attached hydrogens (tertiary/aromatic N) is 2. The molecule has 0 atom stereocenters. The zero-order valence-electron chi connectivity index (χ0n) is 20.0. The lowest BCUT2D eigenvalue weighted by Crippen LogP contribution is -2.41. The molecule has 1 aliphatic heterocycles. The number of unbranched alkanes of at least 4 members (excludes halogenated alkanes) is 1. The average Bonchev–Trinajstić information content (AvgIpc) is 2.83. The Morgan fingerprint density at radius 3 is 2.42 bits per heavy atom. The molecule has 0 unspecified atom stereocenters. The standard InChI is InChI=1S/C26H36N4O3/c1-4-5-6-20-7-9-21(10-8-20)25(31)28-22-11-12-24(29(2)3)23(19-22)26(32)27-13-14-30-15-17-33-18-16-30/h7-12,19H,4-6,13-18H2,1-3H3,(H,27,32)(H,28,31). The number of carbonyl (C=O) groups excluding carboxylic acids is 2. The van der Waals surface area contributed by atoms with Crippen molar-refractivity contribution in [3.63, 3.8) is 0 Å². The van der Waals surface area contributed by atoms with Gasteiger partial charge in [-0.15, -0.1) is 0 Å². The second kappa shape index (κ2) is 12.4. The first-order valence-corrected chi connectivity index (χ1v) is 11.8. The van der Waals surface area contributed by atoms with Gasteiger partial charge in [-0.05, 0) is 48.7 Å². The van der Waals surface area contributed by atoms with Crippen LogP contribution < -0.4 is 15.5 Å². The molecule has 1 fully saturated rings. The van der Waals surface area contributed by atoms with E-state index in [4.69, 9.17) is 4.74 Å². The maximum atomic E-state index is 12.9. The molecule has 7 heteroatoms. The molecule has 2 amide bonds. The van der Waals surface area contributed by atoms with Gasteiger partial charge in [-0.25, -0.2) is 0 Å². The molecule has 7 nitrogen and oxygen atoms in total. The van der Waals surface area contributed by atoms with E-state index in [0.29, 0.717) is 23.4 Å². The minimum absolute atomic E-state index is 0.150. The smallest absolute Gasteiger partial charge is 0.255 e. The predicted octanol–water partition coefficient (Wildman–Crippen LogP) is 3.41. The fraction of sp³-hybridized carbons (Fsp3) is 0.462. The van der Waals surface area contributed by atoms with Gasteiger partial charge in [0.2, 0.25) is 0 Å². The molecule has 1 saturated heterocycles. The van der Waals surface area contributed by atoms with E-state index in [1.807, 2.05) is 55.4 Å². The lowest BCUT2D eigenvalue weighted by Gasteiger charge is -2.26. The van der Waals surface area contributed by atoms with Crippen molar-refractivity contribution in [2.24, 2.45) is 0 Å². The summed E-state index contributed by atoms with van der Waals surface area (Å²) in [6, 6.07) is 13.2. The van der Waals surface area contributed by atoms with Crippen molar-refractivity contribution < 1.29 is 14.3 Å². The third-order valence-corrected chi connectivity index (χ3v) is 5.83. The van der Waals surface area contributed by atoms with Crippen LogP contribution in [-0.4, -0.2) is 70.2 Å². The topological polar surface area (TPSA) is 73.9 Å². The molecular formula is C26H36N4O3. The second-order valence-corrected chi connectivity index (χ2v) is 8.59. The van der Waals surface area contributed by atoms with Crippen LogP contribution in [0.2, 0.25) is 0 Å². The molecule has 1 aliphatic rings. The quantitative estimate of drug-likeness (QED) is 0.578. The molecule has 2 N–H and O–H groups in total. The molecular weight excluding hydrogens is 416 g/mol. The average molecular weight is 453 g/mol. The Morgan fingerprint density at radius 1 is 1.03 bits per heavy atom. The summed E-state index contributed by atoms with van der Waals surface area (Å²) >= 11 is 0. The highest BCUT2D eigenvalue weighted by Gasteiger charge is 2.16. The Balaban J connectivity index is 1.64. The van der Waals surface area contributed by atoms with Crippen molar-refractivity contribution in [2.45, 2.75) is 26.2 Å². The van der Waals surface area contributed by atoms with Crippen LogP contribution in [0, 0.1) is 0 Å². The van der Waals surface area contributed by atoms with E-state index >= 15 is 0 Å². The van der Waals surface area contributed by atoms with Crippen LogP contribution in [0.1, 0.15) is 46.0 Å². The Morgan fingerprint density at radius 2 is 1.76 bits per heavy atom. The van der Waals surface area contributed by atoms with Crippen molar-refractivity contribution in [2.75, 3.05) is 63.7 Å². The van der Waals surface area contributed by atoms with Gasteiger partial charge in [-0.3, -0.25) is 14.5 Å². The molecule has 0 bridgehead atoms. The van der Waals surface area contributed by atoms with Crippen LogP contribution in [0.3, 0.4) is 0 Å². The summed E-state index contributed by atoms with van der Waals surface area (Å²) in [5.41, 5.74) is 3.77. The third kappa shape index (κ3) is 7.30. The number of amides is 2. The maximum Gasteiger partial charge on any atom is 0.255 e. The van der Waals surface area contributed by atoms with Gasteiger partial charge >= 0.3 is 0 Å². The number of carbonyl (C=O) groups is 2. The predicted molar refractivity (Wildman–Crippen MR) is 133 cm³/mol. The van der Waals surface area contributed by atoms with Crippen molar-refractivity contribution in [1.82, 2.24) is 10.2 Å². The summed E-state index contributed by atoms with van der Waals surface area (Å²) in [6.45, 7) is 6.77. The van der Waals surface area contributed by atoms with Crippen LogP contribution in [-0.2, 0) is 11.2 Å². The van der Waals surface area contributed by atoms with Gasteiger partial charge in [-0.1, -0.05) is 25.5 Å². The minimum Gasteiger partial charge on any atom is -0.379 e. The summed E-state index contributed by atoms with van der Waals surface area (Å²) in [5, 5.41) is 5.95. The lowest BCUT2D eigenvalue weighted by atomic mass is 10.1. The third-order valence-electron chi connectivity index (χ3n) is 5.83. The van der Waals surface area contributed by atoms with Crippen molar-refractivity contribution in [1.29, 1.82) is 0 Å². The van der Waals surface area contributed by atoms with Gasteiger partial charge in [0.15, 0.2) is 0 Å². The molecule has 178 valence electrons. The van der Waals surface area contributed by atoms with Gasteiger partial charge in [-0.2, -0.15) is 0 Å². The molecule has 3 rings (SSSR count). The van der Waals surface area contributed by atoms with Gasteiger partial charge in [0.05, 0.1) is 18.8 Å². The van der Waals surface area contributed by atoms with E-state index in [0.717, 1.165) is 57.8 Å². The van der Waals surface area contributed by atoms with E-state index in [9.17, 15) is 9.59 Å². The van der Waals surface area contributed by atoms with E-state index in [1.165, 1.54) is 5.56 Å². The van der Waals surface area contributed by atoms with Crippen LogP contribution in [0.15, 0.2) is 42.5 Å². The number of morpholine rings is 1. The highest BCUT2D eigenvalue weighted by atomic mass is 16.5. The second-order valence-electron chi connectivity index (χ2n) is 8.59. The molecule has 0 aliphatic carbocycles. The lowest BCUT2D eigenvalue weighted by molar-refractivity contribution is 0.0383. The zero-order chi connectivity index (χ0) is 23.6. The summed E-state index contributed by atoms with van der Waals surface area (Å²) < 4.78 is 5.37. The highest BCUT2D eigenvalue weighted by Crippen LogP contribution is 2.23. The first-order valence-electron chi connectivity index (χ1n) is 11.8. The highest BCUT2D eigenvalue weighted by molar-refractivity contribution is 6.06. The summed E-state index contributed by atoms with van der Waals surface area (Å²) in [4.78, 5) is 29.9. The van der Waals surface area contributed by atoms with Crippen molar-refractivity contribution >= 4 is 23.2 Å². The number of rotatable bonds is 10. The maximum absolute atomic E-state index is 12.9. The SMILES string of the molecule is CCCCc1ccc(C(=O)Nc2ccc(N(C)C)c(C(=O)NCCN3CCOCC3)c2)cc1. The Kier molecular flexibility index (Phi) is 9.27.